The van der Waals surface area contributed by atoms with Gasteiger partial charge in [0.15, 0.2) is 11.5 Å². The van der Waals surface area contributed by atoms with Crippen LogP contribution in [0.1, 0.15) is 41.6 Å². The Morgan fingerprint density at radius 2 is 1.87 bits per heavy atom. The number of carbonyl (C=O) groups excluding carboxylic acids is 1. The van der Waals surface area contributed by atoms with Crippen molar-refractivity contribution in [3.8, 4) is 11.5 Å². The molecular formula is C17H21N3O3. The summed E-state index contributed by atoms with van der Waals surface area (Å²) in [5, 5.41) is 2.86. The molecule has 0 fully saturated rings. The second kappa shape index (κ2) is 5.53. The zero-order valence-corrected chi connectivity index (χ0v) is 13.8. The molecule has 0 bridgehead atoms. The van der Waals surface area contributed by atoms with Crippen molar-refractivity contribution < 1.29 is 14.3 Å². The van der Waals surface area contributed by atoms with Gasteiger partial charge in [0, 0.05) is 29.6 Å². The Labute approximate surface area is 135 Å². The van der Waals surface area contributed by atoms with E-state index >= 15 is 0 Å². The van der Waals surface area contributed by atoms with E-state index in [1.54, 1.807) is 12.1 Å². The number of ether oxygens (including phenoxy) is 2. The molecular weight excluding hydrogens is 294 g/mol. The molecule has 0 radical (unpaired) electrons. The fraction of sp³-hybridized carbons (Fsp3) is 0.353. The molecule has 1 aromatic carbocycles. The molecule has 1 amide bonds. The molecule has 1 aromatic heterocycles. The number of aryl methyl sites for hydroxylation is 1. The number of aromatic nitrogens is 1. The maximum atomic E-state index is 12.6. The Kier molecular flexibility index (Phi) is 3.67. The summed E-state index contributed by atoms with van der Waals surface area (Å²) < 4.78 is 12.7. The Balaban J connectivity index is 1.90. The predicted octanol–water partition coefficient (Wildman–Crippen LogP) is 3.25. The van der Waals surface area contributed by atoms with Gasteiger partial charge in [-0.2, -0.15) is 0 Å². The van der Waals surface area contributed by atoms with E-state index in [9.17, 15) is 4.79 Å². The van der Waals surface area contributed by atoms with Gasteiger partial charge in [-0.25, -0.2) is 0 Å². The first-order valence-electron chi connectivity index (χ1n) is 7.57. The standard InChI is InChI=1S/C17H21N3O3/c1-9(2)20-10(3)5-12(11(20)4)17(21)19-14-7-16-15(6-13(14)18)22-8-23-16/h5-7,9H,8,18H2,1-4H3,(H,19,21). The lowest BCUT2D eigenvalue weighted by atomic mass is 10.2. The number of nitrogens with one attached hydrogen (secondary N) is 1. The normalized spacial score (nSPS) is 12.7. The fourth-order valence-corrected chi connectivity index (χ4v) is 3.06. The Morgan fingerprint density at radius 1 is 1.22 bits per heavy atom. The summed E-state index contributed by atoms with van der Waals surface area (Å²) in [6, 6.07) is 5.55. The summed E-state index contributed by atoms with van der Waals surface area (Å²) in [6.45, 7) is 8.31. The van der Waals surface area contributed by atoms with Gasteiger partial charge in [-0.1, -0.05) is 0 Å². The summed E-state index contributed by atoms with van der Waals surface area (Å²) in [7, 11) is 0. The maximum Gasteiger partial charge on any atom is 0.257 e. The maximum absolute atomic E-state index is 12.6. The van der Waals surface area contributed by atoms with Gasteiger partial charge < -0.3 is 25.1 Å². The molecule has 0 unspecified atom stereocenters. The minimum absolute atomic E-state index is 0.168. The van der Waals surface area contributed by atoms with E-state index in [1.165, 1.54) is 0 Å². The van der Waals surface area contributed by atoms with Gasteiger partial charge in [0.05, 0.1) is 16.9 Å². The summed E-state index contributed by atoms with van der Waals surface area (Å²) in [4.78, 5) is 12.6. The van der Waals surface area contributed by atoms with Crippen molar-refractivity contribution in [2.75, 3.05) is 17.8 Å². The lowest BCUT2D eigenvalue weighted by Crippen LogP contribution is -2.15. The predicted molar refractivity (Wildman–Crippen MR) is 89.2 cm³/mol. The van der Waals surface area contributed by atoms with E-state index < -0.39 is 0 Å². The molecule has 0 spiro atoms. The van der Waals surface area contributed by atoms with Gasteiger partial charge in [0.1, 0.15) is 0 Å². The first-order chi connectivity index (χ1) is 10.9. The number of carbonyl (C=O) groups is 1. The molecule has 2 aromatic rings. The van der Waals surface area contributed by atoms with E-state index in [4.69, 9.17) is 15.2 Å². The van der Waals surface area contributed by atoms with Crippen molar-refractivity contribution in [3.05, 3.63) is 35.2 Å². The van der Waals surface area contributed by atoms with E-state index in [2.05, 4.69) is 23.7 Å². The number of nitrogens with two attached hydrogens (primary N) is 1. The molecule has 0 saturated carbocycles. The number of rotatable bonds is 3. The zero-order valence-electron chi connectivity index (χ0n) is 13.8. The average Bonchev–Trinajstić information content (AvgIpc) is 3.02. The molecule has 3 rings (SSSR count). The smallest absolute Gasteiger partial charge is 0.257 e. The highest BCUT2D eigenvalue weighted by Crippen LogP contribution is 2.38. The number of benzene rings is 1. The number of nitrogens with zero attached hydrogens (tertiary/aromatic N) is 1. The van der Waals surface area contributed by atoms with Crippen LogP contribution < -0.4 is 20.5 Å². The molecule has 122 valence electrons. The van der Waals surface area contributed by atoms with Gasteiger partial charge in [0.25, 0.3) is 5.91 Å². The third-order valence-corrected chi connectivity index (χ3v) is 4.04. The third kappa shape index (κ3) is 2.60. The molecule has 3 N–H and O–H groups in total. The van der Waals surface area contributed by atoms with Gasteiger partial charge >= 0.3 is 0 Å². The molecule has 1 aliphatic rings. The van der Waals surface area contributed by atoms with Gasteiger partial charge in [-0.15, -0.1) is 0 Å². The third-order valence-electron chi connectivity index (χ3n) is 4.04. The number of hydrogen-bond donors (Lipinski definition) is 2. The largest absolute Gasteiger partial charge is 0.454 e. The first kappa shape index (κ1) is 15.3. The Bertz CT molecular complexity index is 778. The minimum Gasteiger partial charge on any atom is -0.454 e. The molecule has 2 heterocycles. The summed E-state index contributed by atoms with van der Waals surface area (Å²) in [6.07, 6.45) is 0. The van der Waals surface area contributed by atoms with E-state index in [0.717, 1.165) is 11.4 Å². The summed E-state index contributed by atoms with van der Waals surface area (Å²) in [5.41, 5.74) is 9.59. The van der Waals surface area contributed by atoms with Crippen LogP contribution in [0.15, 0.2) is 18.2 Å². The van der Waals surface area contributed by atoms with Crippen LogP contribution in [0.2, 0.25) is 0 Å². The van der Waals surface area contributed by atoms with Crippen LogP contribution in [-0.4, -0.2) is 17.3 Å². The molecule has 0 atom stereocenters. The number of anilines is 2. The molecule has 0 saturated heterocycles. The number of amides is 1. The van der Waals surface area contributed by atoms with Gasteiger partial charge in [0.2, 0.25) is 6.79 Å². The topological polar surface area (TPSA) is 78.5 Å². The second-order valence-electron chi connectivity index (χ2n) is 6.00. The molecule has 23 heavy (non-hydrogen) atoms. The molecule has 6 heteroatoms. The van der Waals surface area contributed by atoms with Gasteiger partial charge in [-0.05, 0) is 33.8 Å². The van der Waals surface area contributed by atoms with Crippen LogP contribution in [0.25, 0.3) is 0 Å². The lowest BCUT2D eigenvalue weighted by molar-refractivity contribution is 0.102. The van der Waals surface area contributed by atoms with Crippen LogP contribution in [0.3, 0.4) is 0 Å². The monoisotopic (exact) mass is 315 g/mol. The van der Waals surface area contributed by atoms with Crippen molar-refractivity contribution >= 4 is 17.3 Å². The first-order valence-corrected chi connectivity index (χ1v) is 7.57. The highest BCUT2D eigenvalue weighted by molar-refractivity contribution is 6.07. The molecule has 0 aliphatic carbocycles. The fourth-order valence-electron chi connectivity index (χ4n) is 3.06. The van der Waals surface area contributed by atoms with Crippen molar-refractivity contribution in [2.24, 2.45) is 0 Å². The van der Waals surface area contributed by atoms with Crippen LogP contribution in [0.5, 0.6) is 11.5 Å². The van der Waals surface area contributed by atoms with Crippen molar-refractivity contribution in [3.63, 3.8) is 0 Å². The summed E-state index contributed by atoms with van der Waals surface area (Å²) >= 11 is 0. The van der Waals surface area contributed by atoms with Crippen LogP contribution in [0, 0.1) is 13.8 Å². The van der Waals surface area contributed by atoms with Crippen molar-refractivity contribution in [1.29, 1.82) is 0 Å². The lowest BCUT2D eigenvalue weighted by Gasteiger charge is -2.14. The van der Waals surface area contributed by atoms with Crippen molar-refractivity contribution in [2.45, 2.75) is 33.7 Å². The van der Waals surface area contributed by atoms with E-state index in [1.807, 2.05) is 19.9 Å². The minimum atomic E-state index is -0.185. The van der Waals surface area contributed by atoms with E-state index in [-0.39, 0.29) is 12.7 Å². The van der Waals surface area contributed by atoms with Crippen LogP contribution in [0.4, 0.5) is 11.4 Å². The second-order valence-corrected chi connectivity index (χ2v) is 6.00. The summed E-state index contributed by atoms with van der Waals surface area (Å²) in [5.74, 6) is 0.996. The van der Waals surface area contributed by atoms with Crippen molar-refractivity contribution in [1.82, 2.24) is 4.57 Å². The molecule has 1 aliphatic heterocycles. The number of nitrogen functional groups attached to an aromatic ring is 1. The quantitative estimate of drug-likeness (QED) is 0.852. The Morgan fingerprint density at radius 3 is 2.48 bits per heavy atom. The SMILES string of the molecule is Cc1cc(C(=O)Nc2cc3c(cc2N)OCO3)c(C)n1C(C)C. The van der Waals surface area contributed by atoms with Crippen LogP contribution in [-0.2, 0) is 0 Å². The van der Waals surface area contributed by atoms with E-state index in [0.29, 0.717) is 34.5 Å². The zero-order chi connectivity index (χ0) is 16.7. The average molecular weight is 315 g/mol. The van der Waals surface area contributed by atoms with Crippen LogP contribution >= 0.6 is 0 Å². The highest BCUT2D eigenvalue weighted by Gasteiger charge is 2.20. The van der Waals surface area contributed by atoms with Gasteiger partial charge in [-0.3, -0.25) is 4.79 Å². The number of fused-ring (bicyclic) bond motifs is 1. The highest BCUT2D eigenvalue weighted by atomic mass is 16.7. The molecule has 6 nitrogen and oxygen atoms in total. The number of hydrogen-bond acceptors (Lipinski definition) is 4. The Hall–Kier alpha value is -2.63.